The van der Waals surface area contributed by atoms with Crippen molar-refractivity contribution in [3.63, 3.8) is 0 Å². The highest BCUT2D eigenvalue weighted by Crippen LogP contribution is 2.18. The molecule has 0 aliphatic rings. The molecule has 0 radical (unpaired) electrons. The summed E-state index contributed by atoms with van der Waals surface area (Å²) in [5.74, 6) is 0.596. The number of H-pyrrole nitrogens is 1. The summed E-state index contributed by atoms with van der Waals surface area (Å²) >= 11 is 5.99. The van der Waals surface area contributed by atoms with Crippen molar-refractivity contribution in [2.75, 3.05) is 11.9 Å². The van der Waals surface area contributed by atoms with Gasteiger partial charge in [0.05, 0.1) is 0 Å². The molecule has 0 bridgehead atoms. The largest absolute Gasteiger partial charge is 0.361 e. The van der Waals surface area contributed by atoms with Crippen molar-refractivity contribution in [3.05, 3.63) is 52.9 Å². The van der Waals surface area contributed by atoms with E-state index in [9.17, 15) is 0 Å². The smallest absolute Gasteiger partial charge is 0.224 e. The molecule has 0 fully saturated rings. The van der Waals surface area contributed by atoms with Gasteiger partial charge in [0.25, 0.3) is 0 Å². The van der Waals surface area contributed by atoms with Crippen LogP contribution in [0, 0.1) is 0 Å². The van der Waals surface area contributed by atoms with Gasteiger partial charge >= 0.3 is 0 Å². The fraction of sp³-hybridized carbons (Fsp3) is 0.250. The Balaban J connectivity index is 1.67. The van der Waals surface area contributed by atoms with Crippen molar-refractivity contribution in [2.45, 2.75) is 19.8 Å². The van der Waals surface area contributed by atoms with Crippen LogP contribution in [0.1, 0.15) is 18.2 Å². The molecule has 0 saturated carbocycles. The molecule has 2 heterocycles. The molecule has 0 atom stereocenters. The van der Waals surface area contributed by atoms with Crippen LogP contribution >= 0.6 is 11.6 Å². The number of para-hydroxylation sites is 1. The monoisotopic (exact) mass is 300 g/mol. The molecule has 0 unspecified atom stereocenters. The number of aromatic nitrogens is 3. The predicted octanol–water partition coefficient (Wildman–Crippen LogP) is 3.83. The van der Waals surface area contributed by atoms with Gasteiger partial charge in [0.1, 0.15) is 5.15 Å². The number of fused-ring (bicyclic) bond motifs is 1. The van der Waals surface area contributed by atoms with Gasteiger partial charge in [0.2, 0.25) is 5.95 Å². The van der Waals surface area contributed by atoms with Crippen molar-refractivity contribution in [1.29, 1.82) is 0 Å². The molecule has 2 N–H and O–H groups in total. The quantitative estimate of drug-likeness (QED) is 0.704. The Morgan fingerprint density at radius 1 is 1.24 bits per heavy atom. The third kappa shape index (κ3) is 3.16. The Bertz CT molecular complexity index is 751. The highest BCUT2D eigenvalue weighted by molar-refractivity contribution is 6.29. The minimum atomic E-state index is 0.483. The Kier molecular flexibility index (Phi) is 4.06. The number of hydrogen-bond donors (Lipinski definition) is 2. The average Bonchev–Trinajstić information content (AvgIpc) is 2.90. The summed E-state index contributed by atoms with van der Waals surface area (Å²) in [6.45, 7) is 2.82. The average molecular weight is 301 g/mol. The van der Waals surface area contributed by atoms with E-state index in [1.54, 1.807) is 6.07 Å². The number of nitrogens with one attached hydrogen (secondary N) is 2. The second kappa shape index (κ2) is 6.14. The Hall–Kier alpha value is -2.07. The first kappa shape index (κ1) is 13.9. The molecule has 0 amide bonds. The molecular formula is C16H17ClN4. The highest BCUT2D eigenvalue weighted by Gasteiger charge is 2.04. The maximum absolute atomic E-state index is 5.99. The summed E-state index contributed by atoms with van der Waals surface area (Å²) in [6, 6.07) is 10.1. The number of hydrogen-bond acceptors (Lipinski definition) is 3. The number of aromatic amines is 1. The summed E-state index contributed by atoms with van der Waals surface area (Å²) in [4.78, 5) is 11.9. The Morgan fingerprint density at radius 2 is 2.10 bits per heavy atom. The van der Waals surface area contributed by atoms with Crippen LogP contribution in [0.4, 0.5) is 5.95 Å². The summed E-state index contributed by atoms with van der Waals surface area (Å²) in [6.07, 6.45) is 3.81. The third-order valence-corrected chi connectivity index (χ3v) is 3.66. The second-order valence-electron chi connectivity index (χ2n) is 4.90. The first-order valence-corrected chi connectivity index (χ1v) is 7.46. The molecule has 3 aromatic rings. The molecule has 108 valence electrons. The third-order valence-electron chi connectivity index (χ3n) is 3.46. The zero-order valence-electron chi connectivity index (χ0n) is 11.9. The van der Waals surface area contributed by atoms with Crippen LogP contribution < -0.4 is 5.32 Å². The SMILES string of the molecule is CCc1cc(Cl)nc(NCCc2c[nH]c3ccccc23)n1. The minimum absolute atomic E-state index is 0.483. The van der Waals surface area contributed by atoms with E-state index < -0.39 is 0 Å². The van der Waals surface area contributed by atoms with E-state index in [1.807, 2.05) is 13.0 Å². The minimum Gasteiger partial charge on any atom is -0.361 e. The molecule has 0 aliphatic heterocycles. The van der Waals surface area contributed by atoms with E-state index in [-0.39, 0.29) is 0 Å². The van der Waals surface area contributed by atoms with Crippen molar-refractivity contribution in [1.82, 2.24) is 15.0 Å². The van der Waals surface area contributed by atoms with Crippen molar-refractivity contribution >= 4 is 28.5 Å². The molecule has 0 spiro atoms. The number of nitrogens with zero attached hydrogens (tertiary/aromatic N) is 2. The van der Waals surface area contributed by atoms with Gasteiger partial charge in [0.15, 0.2) is 0 Å². The maximum atomic E-state index is 5.99. The standard InChI is InChI=1S/C16H17ClN4/c1-2-12-9-15(17)21-16(20-12)18-8-7-11-10-19-14-6-4-3-5-13(11)14/h3-6,9-10,19H,2,7-8H2,1H3,(H,18,20,21). The van der Waals surface area contributed by atoms with E-state index in [4.69, 9.17) is 11.6 Å². The van der Waals surface area contributed by atoms with Gasteiger partial charge in [0, 0.05) is 29.3 Å². The van der Waals surface area contributed by atoms with Gasteiger partial charge in [-0.1, -0.05) is 36.7 Å². The first-order chi connectivity index (χ1) is 10.3. The highest BCUT2D eigenvalue weighted by atomic mass is 35.5. The normalized spacial score (nSPS) is 11.0. The molecule has 5 heteroatoms. The summed E-state index contributed by atoms with van der Waals surface area (Å²) in [7, 11) is 0. The predicted molar refractivity (Wildman–Crippen MR) is 86.9 cm³/mol. The zero-order chi connectivity index (χ0) is 14.7. The van der Waals surface area contributed by atoms with E-state index in [0.717, 1.165) is 25.1 Å². The molecule has 21 heavy (non-hydrogen) atoms. The molecule has 0 saturated heterocycles. The zero-order valence-corrected chi connectivity index (χ0v) is 12.6. The summed E-state index contributed by atoms with van der Waals surface area (Å²) in [5, 5.41) is 4.99. The lowest BCUT2D eigenvalue weighted by atomic mass is 10.1. The number of anilines is 1. The van der Waals surface area contributed by atoms with Gasteiger partial charge in [-0.3, -0.25) is 0 Å². The number of aryl methyl sites for hydroxylation is 1. The van der Waals surface area contributed by atoms with Crippen molar-refractivity contribution in [2.24, 2.45) is 0 Å². The van der Waals surface area contributed by atoms with Crippen molar-refractivity contribution in [3.8, 4) is 0 Å². The fourth-order valence-electron chi connectivity index (χ4n) is 2.37. The maximum Gasteiger partial charge on any atom is 0.224 e. The molecule has 2 aromatic heterocycles. The lowest BCUT2D eigenvalue weighted by Gasteiger charge is -2.06. The first-order valence-electron chi connectivity index (χ1n) is 7.08. The van der Waals surface area contributed by atoms with Crippen LogP contribution in [0.2, 0.25) is 5.15 Å². The Labute approximate surface area is 128 Å². The number of halogens is 1. The fourth-order valence-corrected chi connectivity index (χ4v) is 2.58. The van der Waals surface area contributed by atoms with Gasteiger partial charge < -0.3 is 10.3 Å². The summed E-state index contributed by atoms with van der Waals surface area (Å²) < 4.78 is 0. The van der Waals surface area contributed by atoms with Crippen LogP contribution in [-0.2, 0) is 12.8 Å². The van der Waals surface area contributed by atoms with E-state index >= 15 is 0 Å². The lowest BCUT2D eigenvalue weighted by Crippen LogP contribution is -2.08. The molecular weight excluding hydrogens is 284 g/mol. The van der Waals surface area contributed by atoms with E-state index in [1.165, 1.54) is 16.5 Å². The van der Waals surface area contributed by atoms with E-state index in [2.05, 4.69) is 44.7 Å². The Morgan fingerprint density at radius 3 is 2.95 bits per heavy atom. The van der Waals surface area contributed by atoms with Crippen molar-refractivity contribution < 1.29 is 0 Å². The molecule has 3 rings (SSSR count). The lowest BCUT2D eigenvalue weighted by molar-refractivity contribution is 0.954. The van der Waals surface area contributed by atoms with Crippen LogP contribution in [0.5, 0.6) is 0 Å². The van der Waals surface area contributed by atoms with Crippen LogP contribution in [0.15, 0.2) is 36.5 Å². The number of rotatable bonds is 5. The number of benzene rings is 1. The van der Waals surface area contributed by atoms with Gasteiger partial charge in [-0.15, -0.1) is 0 Å². The molecule has 0 aliphatic carbocycles. The van der Waals surface area contributed by atoms with Crippen LogP contribution in [0.3, 0.4) is 0 Å². The van der Waals surface area contributed by atoms with Gasteiger partial charge in [-0.25, -0.2) is 9.97 Å². The van der Waals surface area contributed by atoms with Crippen LogP contribution in [0.25, 0.3) is 10.9 Å². The summed E-state index contributed by atoms with van der Waals surface area (Å²) in [5.41, 5.74) is 3.40. The van der Waals surface area contributed by atoms with Gasteiger partial charge in [-0.2, -0.15) is 0 Å². The molecule has 1 aromatic carbocycles. The molecule has 4 nitrogen and oxygen atoms in total. The van der Waals surface area contributed by atoms with Gasteiger partial charge in [-0.05, 0) is 30.5 Å². The van der Waals surface area contributed by atoms with E-state index in [0.29, 0.717) is 11.1 Å². The second-order valence-corrected chi connectivity index (χ2v) is 5.28. The van der Waals surface area contributed by atoms with Crippen LogP contribution in [-0.4, -0.2) is 21.5 Å². The topological polar surface area (TPSA) is 53.6 Å².